The zero-order valence-corrected chi connectivity index (χ0v) is 11.6. The van der Waals surface area contributed by atoms with Crippen molar-refractivity contribution in [1.82, 2.24) is 4.98 Å². The van der Waals surface area contributed by atoms with Gasteiger partial charge in [0.05, 0.1) is 26.9 Å². The third-order valence-electron chi connectivity index (χ3n) is 2.47. The molecule has 2 aromatic rings. The SMILES string of the molecule is Cc1cccnc1.O=[N+]([O-])c1cc([N+](=O)[O-])c(O)c([N+](=O)[O-])c1. The number of rotatable bonds is 3. The third kappa shape index (κ3) is 4.70. The lowest BCUT2D eigenvalue weighted by atomic mass is 10.2. The molecule has 1 heterocycles. The Hall–Kier alpha value is -3.63. The van der Waals surface area contributed by atoms with Crippen LogP contribution in [0.1, 0.15) is 5.56 Å². The molecular weight excluding hydrogens is 312 g/mol. The summed E-state index contributed by atoms with van der Waals surface area (Å²) >= 11 is 0. The summed E-state index contributed by atoms with van der Waals surface area (Å²) in [7, 11) is 0. The van der Waals surface area contributed by atoms with Gasteiger partial charge in [-0.15, -0.1) is 0 Å². The van der Waals surface area contributed by atoms with Crippen molar-refractivity contribution in [3.05, 3.63) is 72.6 Å². The molecule has 0 saturated heterocycles. The molecule has 0 aliphatic rings. The van der Waals surface area contributed by atoms with Gasteiger partial charge in [0.1, 0.15) is 0 Å². The number of nitro benzene ring substituents is 3. The molecule has 0 amide bonds. The second kappa shape index (κ2) is 7.40. The Morgan fingerprint density at radius 3 is 1.78 bits per heavy atom. The van der Waals surface area contributed by atoms with Gasteiger partial charge in [0, 0.05) is 12.4 Å². The minimum Gasteiger partial charge on any atom is -0.497 e. The molecule has 23 heavy (non-hydrogen) atoms. The van der Waals surface area contributed by atoms with Crippen molar-refractivity contribution in [3.63, 3.8) is 0 Å². The molecule has 0 unspecified atom stereocenters. The minimum atomic E-state index is -1.21. The van der Waals surface area contributed by atoms with E-state index in [4.69, 9.17) is 5.11 Å². The maximum absolute atomic E-state index is 10.4. The van der Waals surface area contributed by atoms with E-state index >= 15 is 0 Å². The summed E-state index contributed by atoms with van der Waals surface area (Å²) in [5, 5.41) is 40.2. The third-order valence-corrected chi connectivity index (χ3v) is 2.47. The molecule has 1 aromatic carbocycles. The quantitative estimate of drug-likeness (QED) is 0.665. The van der Waals surface area contributed by atoms with Crippen molar-refractivity contribution in [2.24, 2.45) is 0 Å². The van der Waals surface area contributed by atoms with Crippen LogP contribution >= 0.6 is 0 Å². The van der Waals surface area contributed by atoms with Crippen LogP contribution in [0.25, 0.3) is 0 Å². The van der Waals surface area contributed by atoms with E-state index < -0.39 is 37.6 Å². The van der Waals surface area contributed by atoms with Crippen LogP contribution in [0.4, 0.5) is 17.1 Å². The van der Waals surface area contributed by atoms with Gasteiger partial charge in [-0.25, -0.2) is 0 Å². The molecule has 0 saturated carbocycles. The van der Waals surface area contributed by atoms with E-state index in [0.717, 1.165) is 0 Å². The van der Waals surface area contributed by atoms with Crippen LogP contribution in [-0.2, 0) is 0 Å². The van der Waals surface area contributed by atoms with Gasteiger partial charge in [0.2, 0.25) is 0 Å². The van der Waals surface area contributed by atoms with E-state index in [1.54, 1.807) is 6.20 Å². The lowest BCUT2D eigenvalue weighted by Crippen LogP contribution is -1.97. The van der Waals surface area contributed by atoms with E-state index in [1.165, 1.54) is 5.56 Å². The van der Waals surface area contributed by atoms with Crippen LogP contribution in [0.2, 0.25) is 0 Å². The number of phenolic OH excluding ortho intramolecular Hbond substituents is 1. The van der Waals surface area contributed by atoms with Crippen molar-refractivity contribution in [3.8, 4) is 5.75 Å². The highest BCUT2D eigenvalue weighted by molar-refractivity contribution is 5.64. The Morgan fingerprint density at radius 2 is 1.52 bits per heavy atom. The maximum atomic E-state index is 10.4. The highest BCUT2D eigenvalue weighted by Gasteiger charge is 2.30. The second-order valence-corrected chi connectivity index (χ2v) is 4.13. The van der Waals surface area contributed by atoms with Gasteiger partial charge in [0.25, 0.3) is 11.4 Å². The van der Waals surface area contributed by atoms with E-state index in [1.807, 2.05) is 25.3 Å². The number of pyridine rings is 1. The number of aromatic nitrogens is 1. The first-order valence-corrected chi connectivity index (χ1v) is 5.90. The summed E-state index contributed by atoms with van der Waals surface area (Å²) in [4.78, 5) is 31.7. The second-order valence-electron chi connectivity index (χ2n) is 4.13. The van der Waals surface area contributed by atoms with Crippen LogP contribution < -0.4 is 0 Å². The first-order valence-electron chi connectivity index (χ1n) is 5.90. The Kier molecular flexibility index (Phi) is 5.60. The minimum absolute atomic E-state index is 0.447. The average molecular weight is 322 g/mol. The average Bonchev–Trinajstić information content (AvgIpc) is 2.48. The molecule has 120 valence electrons. The predicted molar refractivity (Wildman–Crippen MR) is 77.0 cm³/mol. The number of benzene rings is 1. The Balaban J connectivity index is 0.000000313. The summed E-state index contributed by atoms with van der Waals surface area (Å²) < 4.78 is 0. The summed E-state index contributed by atoms with van der Waals surface area (Å²) in [6.45, 7) is 2.02. The van der Waals surface area contributed by atoms with Crippen LogP contribution in [0.15, 0.2) is 36.7 Å². The molecule has 11 nitrogen and oxygen atoms in total. The summed E-state index contributed by atoms with van der Waals surface area (Å²) in [5.74, 6) is -1.21. The molecule has 0 aliphatic heterocycles. The molecule has 0 aliphatic carbocycles. The number of nitrogens with zero attached hydrogens (tertiary/aromatic N) is 4. The number of hydrogen-bond acceptors (Lipinski definition) is 8. The van der Waals surface area contributed by atoms with Crippen molar-refractivity contribution < 1.29 is 19.9 Å². The zero-order valence-electron chi connectivity index (χ0n) is 11.6. The van der Waals surface area contributed by atoms with Gasteiger partial charge in [0.15, 0.2) is 0 Å². The normalized spacial score (nSPS) is 9.43. The summed E-state index contributed by atoms with van der Waals surface area (Å²) in [5.41, 5.74) is -1.79. The molecule has 0 atom stereocenters. The van der Waals surface area contributed by atoms with Crippen LogP contribution in [0, 0.1) is 37.3 Å². The van der Waals surface area contributed by atoms with E-state index in [-0.39, 0.29) is 0 Å². The number of phenols is 1. The summed E-state index contributed by atoms with van der Waals surface area (Å²) in [6.07, 6.45) is 3.60. The number of hydrogen-bond donors (Lipinski definition) is 1. The topological polar surface area (TPSA) is 163 Å². The molecule has 2 rings (SSSR count). The number of aryl methyl sites for hydroxylation is 1. The highest BCUT2D eigenvalue weighted by atomic mass is 16.6. The Labute approximate surface area is 128 Å². The largest absolute Gasteiger partial charge is 0.497 e. The standard InChI is InChI=1S/C6H3N3O7.C6H7N/c10-6-4(8(13)14)1-3(7(11)12)2-5(6)9(15)16;1-6-3-2-4-7-5-6/h1-2,10H;2-5H,1H3. The highest BCUT2D eigenvalue weighted by Crippen LogP contribution is 2.38. The van der Waals surface area contributed by atoms with Crippen LogP contribution in [0.5, 0.6) is 5.75 Å². The Morgan fingerprint density at radius 1 is 1.00 bits per heavy atom. The number of nitro groups is 3. The fourth-order valence-corrected chi connectivity index (χ4v) is 1.42. The van der Waals surface area contributed by atoms with Gasteiger partial charge < -0.3 is 5.11 Å². The fourth-order valence-electron chi connectivity index (χ4n) is 1.42. The maximum Gasteiger partial charge on any atom is 0.324 e. The fraction of sp³-hybridized carbons (Fsp3) is 0.0833. The molecule has 0 bridgehead atoms. The monoisotopic (exact) mass is 322 g/mol. The molecule has 0 fully saturated rings. The van der Waals surface area contributed by atoms with Crippen molar-refractivity contribution >= 4 is 17.1 Å². The van der Waals surface area contributed by atoms with Crippen molar-refractivity contribution in [2.75, 3.05) is 0 Å². The van der Waals surface area contributed by atoms with Crippen molar-refractivity contribution in [2.45, 2.75) is 6.92 Å². The molecule has 1 N–H and O–H groups in total. The molecule has 1 aromatic heterocycles. The van der Waals surface area contributed by atoms with E-state index in [0.29, 0.717) is 12.1 Å². The van der Waals surface area contributed by atoms with Gasteiger partial charge in [-0.05, 0) is 18.6 Å². The van der Waals surface area contributed by atoms with Gasteiger partial charge in [-0.2, -0.15) is 0 Å². The Bertz CT molecular complexity index is 713. The molecule has 0 spiro atoms. The number of non-ortho nitro benzene ring substituents is 1. The van der Waals surface area contributed by atoms with Gasteiger partial charge >= 0.3 is 11.4 Å². The van der Waals surface area contributed by atoms with Crippen molar-refractivity contribution in [1.29, 1.82) is 0 Å². The molecular formula is C12H10N4O7. The lowest BCUT2D eigenvalue weighted by molar-refractivity contribution is -0.404. The zero-order chi connectivity index (χ0) is 17.6. The smallest absolute Gasteiger partial charge is 0.324 e. The van der Waals surface area contributed by atoms with Gasteiger partial charge in [-0.1, -0.05) is 6.07 Å². The van der Waals surface area contributed by atoms with E-state index in [2.05, 4.69) is 4.98 Å². The number of aromatic hydroxyl groups is 1. The first kappa shape index (κ1) is 17.4. The van der Waals surface area contributed by atoms with Crippen LogP contribution in [-0.4, -0.2) is 24.9 Å². The van der Waals surface area contributed by atoms with E-state index in [9.17, 15) is 30.3 Å². The molecule has 11 heteroatoms. The lowest BCUT2D eigenvalue weighted by Gasteiger charge is -1.97. The van der Waals surface area contributed by atoms with Gasteiger partial charge in [-0.3, -0.25) is 35.3 Å². The summed E-state index contributed by atoms with van der Waals surface area (Å²) in [6, 6.07) is 4.84. The molecule has 0 radical (unpaired) electrons. The van der Waals surface area contributed by atoms with Crippen LogP contribution in [0.3, 0.4) is 0 Å². The predicted octanol–water partition coefficient (Wildman–Crippen LogP) is 2.51. The first-order chi connectivity index (χ1) is 10.7.